The van der Waals surface area contributed by atoms with Crippen LogP contribution in [0.5, 0.6) is 0 Å². The van der Waals surface area contributed by atoms with Crippen molar-refractivity contribution in [1.82, 2.24) is 0 Å². The van der Waals surface area contributed by atoms with Crippen molar-refractivity contribution in [2.75, 3.05) is 0 Å². The zero-order valence-corrected chi connectivity index (χ0v) is 15.8. The number of rotatable bonds is 0. The van der Waals surface area contributed by atoms with Gasteiger partial charge in [0, 0.05) is 0 Å². The molecule has 0 atom stereocenters. The van der Waals surface area contributed by atoms with Crippen molar-refractivity contribution in [1.29, 1.82) is 0 Å². The van der Waals surface area contributed by atoms with Gasteiger partial charge in [0.25, 0.3) is 0 Å². The fourth-order valence-corrected chi connectivity index (χ4v) is 0.163. The number of carbonyl (C=O) groups is 4. The summed E-state index contributed by atoms with van der Waals surface area (Å²) in [5, 5.41) is 45.3. The molecular formula is C4N4O8Pb2. The van der Waals surface area contributed by atoms with Gasteiger partial charge in [-0.05, 0) is 0 Å². The van der Waals surface area contributed by atoms with Crippen LogP contribution in [0.2, 0.25) is 0 Å². The minimum atomic E-state index is -1.91. The van der Waals surface area contributed by atoms with Crippen LogP contribution in [0, 0.1) is 0 Å². The molecule has 0 rings (SSSR count). The van der Waals surface area contributed by atoms with E-state index in [0.717, 1.165) is 0 Å². The Bertz CT molecular complexity index is 289. The summed E-state index contributed by atoms with van der Waals surface area (Å²) in [4.78, 5) is 37.0. The molecule has 4 amide bonds. The molecule has 0 aliphatic carbocycles. The van der Waals surface area contributed by atoms with Crippen LogP contribution < -0.4 is 20.4 Å². The zero-order chi connectivity index (χ0) is 13.1. The summed E-state index contributed by atoms with van der Waals surface area (Å²) in [5.74, 6) is 0. The van der Waals surface area contributed by atoms with E-state index in [2.05, 4.69) is 20.5 Å². The van der Waals surface area contributed by atoms with Gasteiger partial charge in [-0.3, -0.25) is 0 Å². The number of amides is 4. The maximum absolute atomic E-state index is 9.24. The molecule has 14 heteroatoms. The van der Waals surface area contributed by atoms with E-state index >= 15 is 0 Å². The molecule has 4 radical (unpaired) electrons. The summed E-state index contributed by atoms with van der Waals surface area (Å²) in [6.07, 6.45) is -7.63. The third-order valence-electron chi connectivity index (χ3n) is 0.427. The predicted molar refractivity (Wildman–Crippen MR) is 42.8 cm³/mol. The van der Waals surface area contributed by atoms with Crippen molar-refractivity contribution in [3.8, 4) is 0 Å². The topological polar surface area (TPSA) is 210 Å². The Morgan fingerprint density at radius 3 is 0.667 bits per heavy atom. The zero-order valence-electron chi connectivity index (χ0n) is 8.05. The van der Waals surface area contributed by atoms with E-state index < -0.39 is 24.4 Å². The van der Waals surface area contributed by atoms with E-state index in [1.165, 1.54) is 0 Å². The first-order valence-corrected chi connectivity index (χ1v) is 2.93. The smallest absolute Gasteiger partial charge is 0.527 e. The summed E-state index contributed by atoms with van der Waals surface area (Å²) >= 11 is 0. The summed E-state index contributed by atoms with van der Waals surface area (Å²) in [6, 6.07) is 0. The first kappa shape index (κ1) is 25.7. The molecule has 0 spiro atoms. The Hall–Kier alpha value is -1.08. The minimum Gasteiger partial charge on any atom is -0.527 e. The van der Waals surface area contributed by atoms with Gasteiger partial charge in [0.2, 0.25) is 0 Å². The number of carboxylic acid groups (broad SMARTS) is 4. The normalized spacial score (nSPS) is 8.44. The Labute approximate surface area is 138 Å². The van der Waals surface area contributed by atoms with Crippen LogP contribution in [0.1, 0.15) is 0 Å². The van der Waals surface area contributed by atoms with Crippen molar-refractivity contribution in [3.05, 3.63) is 0 Å². The van der Waals surface area contributed by atoms with Crippen LogP contribution in [-0.2, 0) is 0 Å². The van der Waals surface area contributed by atoms with Gasteiger partial charge >= 0.3 is 54.6 Å². The number of hydrogen-bond acceptors (Lipinski definition) is 8. The first-order chi connectivity index (χ1) is 7.25. The average molecular weight is 646 g/mol. The van der Waals surface area contributed by atoms with Crippen LogP contribution >= 0.6 is 0 Å². The summed E-state index contributed by atoms with van der Waals surface area (Å²) in [7, 11) is 0. The van der Waals surface area contributed by atoms with E-state index in [1.54, 1.807) is 0 Å². The van der Waals surface area contributed by atoms with E-state index in [4.69, 9.17) is 0 Å². The summed E-state index contributed by atoms with van der Waals surface area (Å²) < 4.78 is 0. The molecule has 92 valence electrons. The SMILES string of the molecule is O=C([O-])N=NC(=O)[O-].O=C([O-])N=NC(=O)[O-].[Pb+2].[Pb+2]. The van der Waals surface area contributed by atoms with Crippen molar-refractivity contribution in [3.63, 3.8) is 0 Å². The molecule has 0 aliphatic rings. The van der Waals surface area contributed by atoms with Crippen molar-refractivity contribution in [2.24, 2.45) is 20.5 Å². The van der Waals surface area contributed by atoms with Crippen LogP contribution in [-0.4, -0.2) is 79.0 Å². The molecule has 18 heavy (non-hydrogen) atoms. The quantitative estimate of drug-likeness (QED) is 0.185. The molecule has 0 unspecified atom stereocenters. The van der Waals surface area contributed by atoms with E-state index in [1.807, 2.05) is 0 Å². The van der Waals surface area contributed by atoms with Crippen molar-refractivity contribution in [2.45, 2.75) is 0 Å². The van der Waals surface area contributed by atoms with E-state index in [0.29, 0.717) is 0 Å². The van der Waals surface area contributed by atoms with Gasteiger partial charge in [-0.1, -0.05) is 0 Å². The van der Waals surface area contributed by atoms with Crippen LogP contribution in [0.25, 0.3) is 0 Å². The molecular weight excluding hydrogens is 646 g/mol. The second-order valence-electron chi connectivity index (χ2n) is 1.46. The molecule has 0 aromatic rings. The number of hydrogen-bond donors (Lipinski definition) is 0. The van der Waals surface area contributed by atoms with Crippen LogP contribution in [0.4, 0.5) is 19.2 Å². The van der Waals surface area contributed by atoms with Crippen molar-refractivity contribution >= 4 is 79.0 Å². The largest absolute Gasteiger partial charge is 2.00 e. The molecule has 12 nitrogen and oxygen atoms in total. The molecule has 0 aliphatic heterocycles. The van der Waals surface area contributed by atoms with Crippen LogP contribution in [0.15, 0.2) is 20.5 Å². The summed E-state index contributed by atoms with van der Waals surface area (Å²) in [5.41, 5.74) is 0. The molecule has 0 bridgehead atoms. The van der Waals surface area contributed by atoms with Crippen molar-refractivity contribution < 1.29 is 39.6 Å². The third-order valence-corrected chi connectivity index (χ3v) is 0.427. The number of azo groups is 2. The van der Waals surface area contributed by atoms with Gasteiger partial charge in [0.05, 0.1) is 0 Å². The Kier molecular flexibility index (Phi) is 22.7. The third kappa shape index (κ3) is 36.3. The predicted octanol–water partition coefficient (Wildman–Crippen LogP) is -4.51. The molecule has 0 heterocycles. The average Bonchev–Trinajstić information content (AvgIpc) is 2.12. The van der Waals surface area contributed by atoms with E-state index in [-0.39, 0.29) is 54.6 Å². The number of carbonyl (C=O) groups excluding carboxylic acids is 4. The maximum atomic E-state index is 9.24. The Morgan fingerprint density at radius 1 is 0.500 bits per heavy atom. The molecule has 0 fully saturated rings. The van der Waals surface area contributed by atoms with Gasteiger partial charge in [0.15, 0.2) is 24.4 Å². The molecule has 0 saturated heterocycles. The standard InChI is InChI=1S/2C2H2N2O4.2Pb/c2*5-1(6)3-4-2(7)8;;/h2*(H,5,6)(H,7,8);;/q;;2*+2/p-4. The van der Waals surface area contributed by atoms with E-state index in [9.17, 15) is 39.6 Å². The second-order valence-corrected chi connectivity index (χ2v) is 1.46. The fourth-order valence-electron chi connectivity index (χ4n) is 0.163. The fraction of sp³-hybridized carbons (Fsp3) is 0. The Morgan fingerprint density at radius 2 is 0.611 bits per heavy atom. The van der Waals surface area contributed by atoms with Gasteiger partial charge in [-0.15, -0.1) is 20.5 Å². The number of nitrogens with zero attached hydrogens (tertiary/aromatic N) is 4. The van der Waals surface area contributed by atoms with Gasteiger partial charge in [-0.25, -0.2) is 0 Å². The second kappa shape index (κ2) is 15.9. The Balaban J connectivity index is -0.0000000980. The van der Waals surface area contributed by atoms with Gasteiger partial charge in [-0.2, -0.15) is 0 Å². The minimum absolute atomic E-state index is 0. The first-order valence-electron chi connectivity index (χ1n) is 2.93. The van der Waals surface area contributed by atoms with Gasteiger partial charge in [0.1, 0.15) is 0 Å². The van der Waals surface area contributed by atoms with Crippen LogP contribution in [0.3, 0.4) is 0 Å². The monoisotopic (exact) mass is 648 g/mol. The molecule has 0 aromatic carbocycles. The maximum Gasteiger partial charge on any atom is 2.00 e. The summed E-state index contributed by atoms with van der Waals surface area (Å²) in [6.45, 7) is 0. The molecule has 0 aromatic heterocycles. The molecule has 0 saturated carbocycles. The molecule has 0 N–H and O–H groups in total. The van der Waals surface area contributed by atoms with Gasteiger partial charge < -0.3 is 39.6 Å².